The molecule has 2 atom stereocenters. The first-order valence-electron chi connectivity index (χ1n) is 10.8. The molecule has 1 saturated heterocycles. The Hall–Kier alpha value is -1.85. The first-order chi connectivity index (χ1) is 13.5. The molecule has 1 amide bonds. The summed E-state index contributed by atoms with van der Waals surface area (Å²) in [6, 6.07) is 6.44. The average molecular weight is 384 g/mol. The fourth-order valence-corrected chi connectivity index (χ4v) is 4.73. The first kappa shape index (κ1) is 19.5. The molecule has 1 aromatic carbocycles. The lowest BCUT2D eigenvalue weighted by Crippen LogP contribution is -2.51. The Bertz CT molecular complexity index is 836. The quantitative estimate of drug-likeness (QED) is 0.832. The van der Waals surface area contributed by atoms with E-state index in [1.807, 2.05) is 6.07 Å². The lowest BCUT2D eigenvalue weighted by Gasteiger charge is -2.36. The summed E-state index contributed by atoms with van der Waals surface area (Å²) in [6.07, 6.45) is 3.46. The molecule has 0 saturated carbocycles. The Morgan fingerprint density at radius 2 is 2.11 bits per heavy atom. The predicted octanol–water partition coefficient (Wildman–Crippen LogP) is 3.38. The summed E-state index contributed by atoms with van der Waals surface area (Å²) >= 11 is 0. The van der Waals surface area contributed by atoms with E-state index in [9.17, 15) is 4.79 Å². The number of nitrogens with zero attached hydrogens (tertiary/aromatic N) is 1. The van der Waals surface area contributed by atoms with Crippen molar-refractivity contribution in [1.82, 2.24) is 15.2 Å². The van der Waals surface area contributed by atoms with Gasteiger partial charge in [-0.25, -0.2) is 0 Å². The average Bonchev–Trinajstić information content (AvgIpc) is 3.05. The van der Waals surface area contributed by atoms with Gasteiger partial charge >= 0.3 is 0 Å². The van der Waals surface area contributed by atoms with E-state index in [2.05, 4.69) is 48.1 Å². The molecule has 0 radical (unpaired) electrons. The highest BCUT2D eigenvalue weighted by Crippen LogP contribution is 2.32. The number of aromatic nitrogens is 1. The number of H-pyrrole nitrogens is 1. The van der Waals surface area contributed by atoms with Crippen LogP contribution in [0.4, 0.5) is 0 Å². The van der Waals surface area contributed by atoms with Crippen molar-refractivity contribution in [2.75, 3.05) is 32.8 Å². The summed E-state index contributed by atoms with van der Waals surface area (Å²) in [6.45, 7) is 10.9. The molecule has 0 bridgehead atoms. The number of carbonyl (C=O) groups excluding carboxylic acids is 1. The number of fused-ring (bicyclic) bond motifs is 3. The first-order valence-corrected chi connectivity index (χ1v) is 10.8. The molecule has 0 spiro atoms. The van der Waals surface area contributed by atoms with Crippen molar-refractivity contribution in [3.63, 3.8) is 0 Å². The molecule has 4 rings (SSSR count). The SMILES string of the molecule is CC1CCc2[nH]c3ccc(C(=O)NCC(C(C)C)N4CCOCC4)cc3c2C1. The highest BCUT2D eigenvalue weighted by atomic mass is 16.5. The molecule has 5 nitrogen and oxygen atoms in total. The number of morpholine rings is 1. The second-order valence-corrected chi connectivity index (χ2v) is 8.86. The van der Waals surface area contributed by atoms with E-state index in [0.29, 0.717) is 24.4 Å². The van der Waals surface area contributed by atoms with Gasteiger partial charge in [-0.1, -0.05) is 20.8 Å². The van der Waals surface area contributed by atoms with E-state index in [-0.39, 0.29) is 5.91 Å². The molecule has 152 valence electrons. The van der Waals surface area contributed by atoms with Gasteiger partial charge in [-0.05, 0) is 54.9 Å². The molecule has 2 unspecified atom stereocenters. The minimum atomic E-state index is 0.0274. The molecule has 2 aromatic rings. The van der Waals surface area contributed by atoms with Gasteiger partial charge in [0.25, 0.3) is 5.91 Å². The van der Waals surface area contributed by atoms with Crippen molar-refractivity contribution in [2.45, 2.75) is 46.1 Å². The third-order valence-corrected chi connectivity index (χ3v) is 6.45. The van der Waals surface area contributed by atoms with Crippen molar-refractivity contribution >= 4 is 16.8 Å². The van der Waals surface area contributed by atoms with Crippen LogP contribution in [-0.2, 0) is 17.6 Å². The molecule has 2 N–H and O–H groups in total. The van der Waals surface area contributed by atoms with E-state index < -0.39 is 0 Å². The van der Waals surface area contributed by atoms with Crippen LogP contribution in [0.25, 0.3) is 10.9 Å². The number of benzene rings is 1. The molecular formula is C23H33N3O2. The number of nitrogens with one attached hydrogen (secondary N) is 2. The van der Waals surface area contributed by atoms with E-state index >= 15 is 0 Å². The van der Waals surface area contributed by atoms with Crippen LogP contribution in [0.2, 0.25) is 0 Å². The molecule has 1 fully saturated rings. The normalized spacial score (nSPS) is 21.6. The van der Waals surface area contributed by atoms with Crippen LogP contribution in [0.15, 0.2) is 18.2 Å². The van der Waals surface area contributed by atoms with Gasteiger partial charge in [0.2, 0.25) is 0 Å². The maximum atomic E-state index is 12.9. The fraction of sp³-hybridized carbons (Fsp3) is 0.609. The molecule has 1 aromatic heterocycles. The van der Waals surface area contributed by atoms with Crippen molar-refractivity contribution in [3.8, 4) is 0 Å². The van der Waals surface area contributed by atoms with Crippen LogP contribution in [0, 0.1) is 11.8 Å². The third-order valence-electron chi connectivity index (χ3n) is 6.45. The Kier molecular flexibility index (Phi) is 5.74. The van der Waals surface area contributed by atoms with Crippen LogP contribution in [0.3, 0.4) is 0 Å². The van der Waals surface area contributed by atoms with Gasteiger partial charge in [-0.2, -0.15) is 0 Å². The van der Waals surface area contributed by atoms with E-state index in [1.165, 1.54) is 23.1 Å². The predicted molar refractivity (Wildman–Crippen MR) is 113 cm³/mol. The van der Waals surface area contributed by atoms with Gasteiger partial charge in [0.1, 0.15) is 0 Å². The molecule has 1 aliphatic carbocycles. The summed E-state index contributed by atoms with van der Waals surface area (Å²) < 4.78 is 5.48. The lowest BCUT2D eigenvalue weighted by atomic mass is 9.87. The van der Waals surface area contributed by atoms with Gasteiger partial charge in [-0.15, -0.1) is 0 Å². The van der Waals surface area contributed by atoms with Crippen molar-refractivity contribution < 1.29 is 9.53 Å². The van der Waals surface area contributed by atoms with Crippen LogP contribution < -0.4 is 5.32 Å². The van der Waals surface area contributed by atoms with Crippen LogP contribution in [-0.4, -0.2) is 54.7 Å². The van der Waals surface area contributed by atoms with Gasteiger partial charge in [0, 0.05) is 47.8 Å². The number of hydrogen-bond donors (Lipinski definition) is 2. The molecule has 28 heavy (non-hydrogen) atoms. The smallest absolute Gasteiger partial charge is 0.251 e. The zero-order valence-corrected chi connectivity index (χ0v) is 17.4. The van der Waals surface area contributed by atoms with E-state index in [1.54, 1.807) is 0 Å². The Morgan fingerprint density at radius 1 is 1.32 bits per heavy atom. The highest BCUT2D eigenvalue weighted by molar-refractivity contribution is 5.99. The zero-order valence-electron chi connectivity index (χ0n) is 17.4. The summed E-state index contributed by atoms with van der Waals surface area (Å²) in [5.41, 5.74) is 4.69. The van der Waals surface area contributed by atoms with E-state index in [0.717, 1.165) is 50.2 Å². The van der Waals surface area contributed by atoms with Crippen molar-refractivity contribution in [1.29, 1.82) is 0 Å². The molecule has 2 heterocycles. The summed E-state index contributed by atoms with van der Waals surface area (Å²) in [5.74, 6) is 1.22. The number of aryl methyl sites for hydroxylation is 1. The highest BCUT2D eigenvalue weighted by Gasteiger charge is 2.25. The molecule has 5 heteroatoms. The molecular weight excluding hydrogens is 350 g/mol. The minimum absolute atomic E-state index is 0.0274. The number of hydrogen-bond acceptors (Lipinski definition) is 3. The maximum Gasteiger partial charge on any atom is 0.251 e. The minimum Gasteiger partial charge on any atom is -0.379 e. The number of aromatic amines is 1. The monoisotopic (exact) mass is 383 g/mol. The number of rotatable bonds is 5. The topological polar surface area (TPSA) is 57.4 Å². The molecule has 2 aliphatic rings. The number of carbonyl (C=O) groups is 1. The fourth-order valence-electron chi connectivity index (χ4n) is 4.73. The van der Waals surface area contributed by atoms with Gasteiger partial charge in [0.05, 0.1) is 13.2 Å². The van der Waals surface area contributed by atoms with Gasteiger partial charge in [0.15, 0.2) is 0 Å². The maximum absolute atomic E-state index is 12.9. The Morgan fingerprint density at radius 3 is 2.86 bits per heavy atom. The van der Waals surface area contributed by atoms with Crippen molar-refractivity contribution in [3.05, 3.63) is 35.0 Å². The Balaban J connectivity index is 1.48. The third kappa shape index (κ3) is 3.96. The second-order valence-electron chi connectivity index (χ2n) is 8.86. The van der Waals surface area contributed by atoms with Gasteiger partial charge in [-0.3, -0.25) is 9.69 Å². The molecule has 1 aliphatic heterocycles. The van der Waals surface area contributed by atoms with Gasteiger partial charge < -0.3 is 15.0 Å². The summed E-state index contributed by atoms with van der Waals surface area (Å²) in [5, 5.41) is 4.42. The zero-order chi connectivity index (χ0) is 19.7. The summed E-state index contributed by atoms with van der Waals surface area (Å²) in [4.78, 5) is 18.9. The lowest BCUT2D eigenvalue weighted by molar-refractivity contribution is 0.00673. The van der Waals surface area contributed by atoms with Crippen LogP contribution in [0.5, 0.6) is 0 Å². The van der Waals surface area contributed by atoms with Crippen molar-refractivity contribution in [2.24, 2.45) is 11.8 Å². The van der Waals surface area contributed by atoms with E-state index in [4.69, 9.17) is 4.74 Å². The second kappa shape index (κ2) is 8.26. The largest absolute Gasteiger partial charge is 0.379 e. The number of amides is 1. The number of ether oxygens (including phenoxy) is 1. The summed E-state index contributed by atoms with van der Waals surface area (Å²) in [7, 11) is 0. The van der Waals surface area contributed by atoms with Crippen LogP contribution >= 0.6 is 0 Å². The standard InChI is InChI=1S/C23H33N3O2/c1-15(2)22(26-8-10-28-11-9-26)14-24-23(27)17-5-7-21-19(13-17)18-12-16(3)4-6-20(18)25-21/h5,7,13,15-16,22,25H,4,6,8-12,14H2,1-3H3,(H,24,27). The van der Waals surface area contributed by atoms with Crippen LogP contribution in [0.1, 0.15) is 48.8 Å². The Labute approximate surface area is 167 Å².